The maximum absolute atomic E-state index is 13.6. The zero-order valence-corrected chi connectivity index (χ0v) is 15.3. The van der Waals surface area contributed by atoms with Gasteiger partial charge in [0.2, 0.25) is 15.9 Å². The maximum Gasteiger partial charge on any atom is 0.238 e. The molecule has 0 bridgehead atoms. The molecule has 2 aromatic rings. The SMILES string of the molecule is NS(=O)(=O)c1ccc2c(c1)CN(C(=O)CCC(=O)c1ccccc1F)CC2. The van der Waals surface area contributed by atoms with Crippen LogP contribution >= 0.6 is 0 Å². The summed E-state index contributed by atoms with van der Waals surface area (Å²) in [7, 11) is -3.81. The van der Waals surface area contributed by atoms with Gasteiger partial charge in [0.1, 0.15) is 5.82 Å². The number of primary sulfonamides is 1. The summed E-state index contributed by atoms with van der Waals surface area (Å²) in [6, 6.07) is 10.3. The summed E-state index contributed by atoms with van der Waals surface area (Å²) in [4.78, 5) is 26.1. The number of sulfonamides is 1. The lowest BCUT2D eigenvalue weighted by molar-refractivity contribution is -0.132. The molecule has 0 saturated heterocycles. The molecular formula is C19H19FN2O4S. The van der Waals surface area contributed by atoms with Gasteiger partial charge in [-0.15, -0.1) is 0 Å². The molecular weight excluding hydrogens is 371 g/mol. The molecule has 142 valence electrons. The molecule has 1 aliphatic rings. The van der Waals surface area contributed by atoms with Crippen LogP contribution in [0.3, 0.4) is 0 Å². The average molecular weight is 390 g/mol. The van der Waals surface area contributed by atoms with Crippen LogP contribution in [0.5, 0.6) is 0 Å². The van der Waals surface area contributed by atoms with E-state index in [1.54, 1.807) is 17.0 Å². The number of ketones is 1. The largest absolute Gasteiger partial charge is 0.338 e. The molecule has 0 unspecified atom stereocenters. The van der Waals surface area contributed by atoms with Gasteiger partial charge in [0.15, 0.2) is 5.78 Å². The molecule has 2 aromatic carbocycles. The molecule has 6 nitrogen and oxygen atoms in total. The number of hydrogen-bond acceptors (Lipinski definition) is 4. The normalized spacial score (nSPS) is 13.9. The Labute approximate surface area is 156 Å². The van der Waals surface area contributed by atoms with Crippen LogP contribution in [-0.4, -0.2) is 31.6 Å². The highest BCUT2D eigenvalue weighted by Gasteiger charge is 2.23. The summed E-state index contributed by atoms with van der Waals surface area (Å²) in [5.41, 5.74) is 1.67. The number of carbonyl (C=O) groups is 2. The summed E-state index contributed by atoms with van der Waals surface area (Å²) in [5, 5.41) is 5.16. The molecule has 0 atom stereocenters. The summed E-state index contributed by atoms with van der Waals surface area (Å²) in [5.74, 6) is -1.25. The van der Waals surface area contributed by atoms with Crippen LogP contribution in [0.4, 0.5) is 4.39 Å². The third-order valence-electron chi connectivity index (χ3n) is 4.61. The van der Waals surface area contributed by atoms with Gasteiger partial charge in [-0.2, -0.15) is 0 Å². The van der Waals surface area contributed by atoms with Gasteiger partial charge in [0, 0.05) is 25.9 Å². The molecule has 0 aliphatic carbocycles. The highest BCUT2D eigenvalue weighted by atomic mass is 32.2. The van der Waals surface area contributed by atoms with Gasteiger partial charge in [-0.05, 0) is 41.8 Å². The van der Waals surface area contributed by atoms with Gasteiger partial charge in [0.25, 0.3) is 0 Å². The Kier molecular flexibility index (Phi) is 5.38. The maximum atomic E-state index is 13.6. The standard InChI is InChI=1S/C19H19FN2O4S/c20-17-4-2-1-3-16(17)18(23)7-8-19(24)22-10-9-13-5-6-15(27(21,25)26)11-14(13)12-22/h1-6,11H,7-10,12H2,(H2,21,25,26). The fourth-order valence-electron chi connectivity index (χ4n) is 3.12. The molecule has 1 heterocycles. The molecule has 8 heteroatoms. The molecule has 1 aliphatic heterocycles. The molecule has 0 radical (unpaired) electrons. The first-order valence-corrected chi connectivity index (χ1v) is 10.0. The van der Waals surface area contributed by atoms with E-state index in [2.05, 4.69) is 0 Å². The Balaban J connectivity index is 1.65. The first-order valence-electron chi connectivity index (χ1n) is 8.46. The van der Waals surface area contributed by atoms with Gasteiger partial charge in [-0.25, -0.2) is 17.9 Å². The zero-order chi connectivity index (χ0) is 19.6. The average Bonchev–Trinajstić information content (AvgIpc) is 2.64. The van der Waals surface area contributed by atoms with Crippen molar-refractivity contribution in [2.75, 3.05) is 6.54 Å². The Morgan fingerprint density at radius 3 is 2.52 bits per heavy atom. The molecule has 0 aromatic heterocycles. The minimum atomic E-state index is -3.81. The van der Waals surface area contributed by atoms with Gasteiger partial charge in [-0.3, -0.25) is 9.59 Å². The van der Waals surface area contributed by atoms with E-state index in [-0.39, 0.29) is 35.8 Å². The molecule has 0 spiro atoms. The molecule has 0 saturated carbocycles. The Hall–Kier alpha value is -2.58. The lowest BCUT2D eigenvalue weighted by Crippen LogP contribution is -2.36. The third kappa shape index (κ3) is 4.40. The molecule has 3 rings (SSSR count). The molecule has 1 amide bonds. The lowest BCUT2D eigenvalue weighted by Gasteiger charge is -2.29. The predicted molar refractivity (Wildman–Crippen MR) is 96.9 cm³/mol. The number of rotatable bonds is 5. The van der Waals surface area contributed by atoms with Gasteiger partial charge in [0.05, 0.1) is 10.5 Å². The fourth-order valence-corrected chi connectivity index (χ4v) is 3.69. The second-order valence-corrected chi connectivity index (χ2v) is 8.01. The van der Waals surface area contributed by atoms with Crippen molar-refractivity contribution in [3.8, 4) is 0 Å². The number of nitrogens with two attached hydrogens (primary N) is 1. The minimum Gasteiger partial charge on any atom is -0.338 e. The number of halogens is 1. The van der Waals surface area contributed by atoms with Crippen LogP contribution < -0.4 is 5.14 Å². The smallest absolute Gasteiger partial charge is 0.238 e. The fraction of sp³-hybridized carbons (Fsp3) is 0.263. The number of nitrogens with zero attached hydrogens (tertiary/aromatic N) is 1. The van der Waals surface area contributed by atoms with Gasteiger partial charge in [-0.1, -0.05) is 18.2 Å². The number of Topliss-reactive ketones (excluding diaryl/α,β-unsaturated/α-hetero) is 1. The Morgan fingerprint density at radius 1 is 1.07 bits per heavy atom. The highest BCUT2D eigenvalue weighted by molar-refractivity contribution is 7.89. The summed E-state index contributed by atoms with van der Waals surface area (Å²) in [6.45, 7) is 0.736. The topological polar surface area (TPSA) is 97.5 Å². The zero-order valence-electron chi connectivity index (χ0n) is 14.5. The van der Waals surface area contributed by atoms with Crippen LogP contribution in [0.25, 0.3) is 0 Å². The number of benzene rings is 2. The van der Waals surface area contributed by atoms with Crippen molar-refractivity contribution in [1.82, 2.24) is 4.90 Å². The van der Waals surface area contributed by atoms with Crippen molar-refractivity contribution in [3.05, 3.63) is 65.0 Å². The molecule has 0 fully saturated rings. The van der Waals surface area contributed by atoms with Crippen LogP contribution in [0.2, 0.25) is 0 Å². The van der Waals surface area contributed by atoms with E-state index in [1.807, 2.05) is 0 Å². The number of amides is 1. The van der Waals surface area contributed by atoms with Crippen molar-refractivity contribution in [3.63, 3.8) is 0 Å². The van der Waals surface area contributed by atoms with Crippen LogP contribution in [0.1, 0.15) is 34.3 Å². The lowest BCUT2D eigenvalue weighted by atomic mass is 9.99. The molecule has 2 N–H and O–H groups in total. The Morgan fingerprint density at radius 2 is 1.81 bits per heavy atom. The second kappa shape index (κ2) is 7.58. The summed E-state index contributed by atoms with van der Waals surface area (Å²) >= 11 is 0. The van der Waals surface area contributed by atoms with Crippen LogP contribution in [0.15, 0.2) is 47.4 Å². The van der Waals surface area contributed by atoms with Crippen LogP contribution in [0, 0.1) is 5.82 Å². The predicted octanol–water partition coefficient (Wildman–Crippen LogP) is 2.02. The quantitative estimate of drug-likeness (QED) is 0.790. The van der Waals surface area contributed by atoms with E-state index in [1.165, 1.54) is 30.3 Å². The van der Waals surface area contributed by atoms with Gasteiger partial charge >= 0.3 is 0 Å². The van der Waals surface area contributed by atoms with Crippen molar-refractivity contribution in [2.45, 2.75) is 30.7 Å². The van der Waals surface area contributed by atoms with Gasteiger partial charge < -0.3 is 4.90 Å². The minimum absolute atomic E-state index is 0.00489. The highest BCUT2D eigenvalue weighted by Crippen LogP contribution is 2.23. The van der Waals surface area contributed by atoms with E-state index in [4.69, 9.17) is 5.14 Å². The van der Waals surface area contributed by atoms with E-state index < -0.39 is 21.6 Å². The van der Waals surface area contributed by atoms with E-state index >= 15 is 0 Å². The summed E-state index contributed by atoms with van der Waals surface area (Å²) < 4.78 is 36.6. The van der Waals surface area contributed by atoms with E-state index in [9.17, 15) is 22.4 Å². The van der Waals surface area contributed by atoms with E-state index in [0.29, 0.717) is 13.0 Å². The monoisotopic (exact) mass is 390 g/mol. The van der Waals surface area contributed by atoms with Crippen molar-refractivity contribution < 1.29 is 22.4 Å². The Bertz CT molecular complexity index is 1000. The number of hydrogen-bond donors (Lipinski definition) is 1. The second-order valence-electron chi connectivity index (χ2n) is 6.44. The van der Waals surface area contributed by atoms with Crippen molar-refractivity contribution in [1.29, 1.82) is 0 Å². The number of carbonyl (C=O) groups excluding carboxylic acids is 2. The number of fused-ring (bicyclic) bond motifs is 1. The van der Waals surface area contributed by atoms with Crippen LogP contribution in [-0.2, 0) is 27.8 Å². The van der Waals surface area contributed by atoms with E-state index in [0.717, 1.165) is 11.1 Å². The molecule has 27 heavy (non-hydrogen) atoms. The summed E-state index contributed by atoms with van der Waals surface area (Å²) in [6.07, 6.45) is 0.477. The van der Waals surface area contributed by atoms with Crippen molar-refractivity contribution >= 4 is 21.7 Å². The first kappa shape index (κ1) is 19.2. The first-order chi connectivity index (χ1) is 12.8. The third-order valence-corrected chi connectivity index (χ3v) is 5.52. The van der Waals surface area contributed by atoms with Crippen molar-refractivity contribution in [2.24, 2.45) is 5.14 Å².